The lowest BCUT2D eigenvalue weighted by atomic mass is 10.2. The quantitative estimate of drug-likeness (QED) is 0.593. The molecule has 19 heavy (non-hydrogen) atoms. The van der Waals surface area contributed by atoms with E-state index < -0.39 is 24.2 Å². The molecule has 0 fully saturated rings. The summed E-state index contributed by atoms with van der Waals surface area (Å²) >= 11 is 0. The minimum Gasteiger partial charge on any atom is -0.465 e. The maximum Gasteiger partial charge on any atom is 0.339 e. The normalized spacial score (nSPS) is 9.89. The standard InChI is InChI=1S/C12H13NO6/c1-7(14)18-12(19-8(2)15)10-5-4-9(6-13-10)11(16)17-3/h4-6,12H,1-3H3. The summed E-state index contributed by atoms with van der Waals surface area (Å²) in [6.45, 7) is 2.36. The monoisotopic (exact) mass is 267 g/mol. The highest BCUT2D eigenvalue weighted by Gasteiger charge is 2.20. The van der Waals surface area contributed by atoms with Crippen LogP contribution in [0.2, 0.25) is 0 Å². The van der Waals surface area contributed by atoms with Crippen molar-refractivity contribution < 1.29 is 28.6 Å². The van der Waals surface area contributed by atoms with E-state index in [0.29, 0.717) is 0 Å². The van der Waals surface area contributed by atoms with Gasteiger partial charge in [-0.1, -0.05) is 0 Å². The van der Waals surface area contributed by atoms with E-state index in [4.69, 9.17) is 9.47 Å². The molecule has 0 aliphatic carbocycles. The average Bonchev–Trinajstić information content (AvgIpc) is 2.36. The van der Waals surface area contributed by atoms with E-state index in [1.54, 1.807) is 0 Å². The minimum atomic E-state index is -1.23. The molecule has 0 amide bonds. The molecule has 7 heteroatoms. The molecular formula is C12H13NO6. The van der Waals surface area contributed by atoms with Crippen molar-refractivity contribution in [2.75, 3.05) is 7.11 Å². The maximum atomic E-state index is 11.2. The van der Waals surface area contributed by atoms with Gasteiger partial charge >= 0.3 is 17.9 Å². The van der Waals surface area contributed by atoms with Crippen molar-refractivity contribution in [3.63, 3.8) is 0 Å². The van der Waals surface area contributed by atoms with Gasteiger partial charge in [-0.25, -0.2) is 4.79 Å². The number of carbonyl (C=O) groups excluding carboxylic acids is 3. The first-order valence-electron chi connectivity index (χ1n) is 5.32. The molecule has 0 N–H and O–H groups in total. The van der Waals surface area contributed by atoms with Gasteiger partial charge in [-0.05, 0) is 12.1 Å². The van der Waals surface area contributed by atoms with Gasteiger partial charge in [0.1, 0.15) is 5.69 Å². The Hall–Kier alpha value is -2.44. The van der Waals surface area contributed by atoms with Crippen LogP contribution in [0.4, 0.5) is 0 Å². The first-order valence-corrected chi connectivity index (χ1v) is 5.32. The van der Waals surface area contributed by atoms with E-state index in [0.717, 1.165) is 0 Å². The number of ether oxygens (including phenoxy) is 3. The van der Waals surface area contributed by atoms with Gasteiger partial charge in [0.25, 0.3) is 6.29 Å². The summed E-state index contributed by atoms with van der Waals surface area (Å²) in [6.07, 6.45) is 0.00272. The Balaban J connectivity index is 2.93. The van der Waals surface area contributed by atoms with Crippen molar-refractivity contribution in [3.05, 3.63) is 29.6 Å². The summed E-state index contributed by atoms with van der Waals surface area (Å²) in [4.78, 5) is 36.9. The first-order chi connectivity index (χ1) is 8.93. The van der Waals surface area contributed by atoms with Gasteiger partial charge < -0.3 is 14.2 Å². The molecule has 0 saturated heterocycles. The second-order valence-electron chi connectivity index (χ2n) is 3.51. The summed E-state index contributed by atoms with van der Waals surface area (Å²) in [5.41, 5.74) is 0.425. The van der Waals surface area contributed by atoms with Crippen molar-refractivity contribution in [1.82, 2.24) is 4.98 Å². The van der Waals surface area contributed by atoms with Crippen LogP contribution in [0.1, 0.15) is 36.2 Å². The lowest BCUT2D eigenvalue weighted by Gasteiger charge is -2.15. The highest BCUT2D eigenvalue weighted by atomic mass is 16.7. The largest absolute Gasteiger partial charge is 0.465 e. The number of pyridine rings is 1. The summed E-state index contributed by atoms with van der Waals surface area (Å²) in [5.74, 6) is -1.79. The van der Waals surface area contributed by atoms with E-state index in [1.165, 1.54) is 39.3 Å². The molecule has 1 rings (SSSR count). The Morgan fingerprint density at radius 1 is 1.11 bits per heavy atom. The SMILES string of the molecule is COC(=O)c1ccc(C(OC(C)=O)OC(C)=O)nc1. The average molecular weight is 267 g/mol. The smallest absolute Gasteiger partial charge is 0.339 e. The van der Waals surface area contributed by atoms with Crippen LogP contribution >= 0.6 is 0 Å². The molecule has 0 saturated carbocycles. The van der Waals surface area contributed by atoms with Crippen LogP contribution < -0.4 is 0 Å². The van der Waals surface area contributed by atoms with Crippen molar-refractivity contribution >= 4 is 17.9 Å². The Kier molecular flexibility index (Phi) is 4.99. The van der Waals surface area contributed by atoms with Crippen molar-refractivity contribution in [3.8, 4) is 0 Å². The van der Waals surface area contributed by atoms with Gasteiger partial charge in [-0.15, -0.1) is 0 Å². The van der Waals surface area contributed by atoms with Crippen LogP contribution in [-0.4, -0.2) is 30.0 Å². The molecule has 0 radical (unpaired) electrons. The molecule has 0 bridgehead atoms. The summed E-state index contributed by atoms with van der Waals surface area (Å²) in [6, 6.07) is 2.83. The summed E-state index contributed by atoms with van der Waals surface area (Å²) in [5, 5.41) is 0. The summed E-state index contributed by atoms with van der Waals surface area (Å²) < 4.78 is 14.1. The van der Waals surface area contributed by atoms with Crippen LogP contribution in [0.25, 0.3) is 0 Å². The Bertz CT molecular complexity index is 465. The third kappa shape index (κ3) is 4.38. The van der Waals surface area contributed by atoms with Gasteiger partial charge in [0.15, 0.2) is 0 Å². The zero-order chi connectivity index (χ0) is 14.4. The summed E-state index contributed by atoms with van der Waals surface area (Å²) in [7, 11) is 1.25. The molecule has 1 aromatic heterocycles. The van der Waals surface area contributed by atoms with Gasteiger partial charge in [0, 0.05) is 20.0 Å². The van der Waals surface area contributed by atoms with Crippen LogP contribution in [0.3, 0.4) is 0 Å². The van der Waals surface area contributed by atoms with Crippen LogP contribution in [0.5, 0.6) is 0 Å². The fraction of sp³-hybridized carbons (Fsp3) is 0.333. The lowest BCUT2D eigenvalue weighted by Crippen LogP contribution is -2.16. The molecule has 0 spiro atoms. The van der Waals surface area contributed by atoms with Crippen molar-refractivity contribution in [2.24, 2.45) is 0 Å². The van der Waals surface area contributed by atoms with E-state index in [2.05, 4.69) is 9.72 Å². The van der Waals surface area contributed by atoms with Crippen LogP contribution in [-0.2, 0) is 23.8 Å². The number of aromatic nitrogens is 1. The third-order valence-electron chi connectivity index (χ3n) is 1.99. The predicted octanol–water partition coefficient (Wildman–Crippen LogP) is 0.993. The van der Waals surface area contributed by atoms with Gasteiger partial charge in [-0.2, -0.15) is 0 Å². The molecule has 7 nitrogen and oxygen atoms in total. The van der Waals surface area contributed by atoms with E-state index in [1.807, 2.05) is 0 Å². The van der Waals surface area contributed by atoms with Crippen molar-refractivity contribution in [2.45, 2.75) is 20.1 Å². The van der Waals surface area contributed by atoms with Crippen LogP contribution in [0, 0.1) is 0 Å². The number of hydrogen-bond acceptors (Lipinski definition) is 7. The molecule has 0 aliphatic heterocycles. The molecule has 1 aromatic rings. The molecule has 0 aliphatic rings. The third-order valence-corrected chi connectivity index (χ3v) is 1.99. The fourth-order valence-corrected chi connectivity index (χ4v) is 1.23. The topological polar surface area (TPSA) is 91.8 Å². The number of rotatable bonds is 4. The number of nitrogens with zero attached hydrogens (tertiary/aromatic N) is 1. The molecule has 102 valence electrons. The molecule has 0 unspecified atom stereocenters. The van der Waals surface area contributed by atoms with Gasteiger partial charge in [0.2, 0.25) is 0 Å². The maximum absolute atomic E-state index is 11.2. The second kappa shape index (κ2) is 6.48. The molecule has 0 aromatic carbocycles. The number of carbonyl (C=O) groups is 3. The predicted molar refractivity (Wildman–Crippen MR) is 61.8 cm³/mol. The van der Waals surface area contributed by atoms with E-state index in [9.17, 15) is 14.4 Å². The lowest BCUT2D eigenvalue weighted by molar-refractivity contribution is -0.187. The van der Waals surface area contributed by atoms with Gasteiger partial charge in [-0.3, -0.25) is 14.6 Å². The first kappa shape index (κ1) is 14.6. The van der Waals surface area contributed by atoms with Gasteiger partial charge in [0.05, 0.1) is 12.7 Å². The highest BCUT2D eigenvalue weighted by Crippen LogP contribution is 2.17. The Morgan fingerprint density at radius 2 is 1.68 bits per heavy atom. The Morgan fingerprint density at radius 3 is 2.05 bits per heavy atom. The molecule has 1 heterocycles. The number of hydrogen-bond donors (Lipinski definition) is 0. The fourth-order valence-electron chi connectivity index (χ4n) is 1.23. The highest BCUT2D eigenvalue weighted by molar-refractivity contribution is 5.88. The number of esters is 3. The van der Waals surface area contributed by atoms with E-state index in [-0.39, 0.29) is 11.3 Å². The van der Waals surface area contributed by atoms with Crippen LogP contribution in [0.15, 0.2) is 18.3 Å². The minimum absolute atomic E-state index is 0.193. The van der Waals surface area contributed by atoms with E-state index >= 15 is 0 Å². The molecule has 0 atom stereocenters. The zero-order valence-electron chi connectivity index (χ0n) is 10.7. The Labute approximate surface area is 109 Å². The van der Waals surface area contributed by atoms with Crippen molar-refractivity contribution in [1.29, 1.82) is 0 Å². The number of methoxy groups -OCH3 is 1. The zero-order valence-corrected chi connectivity index (χ0v) is 10.7. The second-order valence-corrected chi connectivity index (χ2v) is 3.51. The molecular weight excluding hydrogens is 254 g/mol.